The van der Waals surface area contributed by atoms with Crippen molar-refractivity contribution in [3.05, 3.63) is 74.6 Å². The van der Waals surface area contributed by atoms with Crippen molar-refractivity contribution in [2.45, 2.75) is 52.0 Å². The number of amides is 1. The first-order valence-electron chi connectivity index (χ1n) is 11.2. The Morgan fingerprint density at radius 2 is 1.77 bits per heavy atom. The van der Waals surface area contributed by atoms with Gasteiger partial charge in [0.2, 0.25) is 0 Å². The quantitative estimate of drug-likeness (QED) is 0.470. The van der Waals surface area contributed by atoms with Crippen molar-refractivity contribution in [2.24, 2.45) is 0 Å². The van der Waals surface area contributed by atoms with E-state index >= 15 is 0 Å². The third-order valence-corrected chi connectivity index (χ3v) is 6.67. The Morgan fingerprint density at radius 1 is 1.00 bits per heavy atom. The molecule has 0 radical (unpaired) electrons. The summed E-state index contributed by atoms with van der Waals surface area (Å²) in [5.74, 6) is 0.562. The van der Waals surface area contributed by atoms with E-state index in [-0.39, 0.29) is 18.1 Å². The maximum atomic E-state index is 12.8. The van der Waals surface area contributed by atoms with Crippen LogP contribution in [0.4, 0.5) is 0 Å². The molecule has 0 unspecified atom stereocenters. The van der Waals surface area contributed by atoms with Crippen molar-refractivity contribution in [3.63, 3.8) is 0 Å². The van der Waals surface area contributed by atoms with Crippen LogP contribution in [-0.2, 0) is 30.6 Å². The van der Waals surface area contributed by atoms with E-state index in [0.717, 1.165) is 60.6 Å². The molecule has 5 rings (SSSR count). The Labute approximate surface area is 181 Å². The summed E-state index contributed by atoms with van der Waals surface area (Å²) in [6.45, 7) is 3.20. The maximum Gasteiger partial charge on any atom is 0.339 e. The Morgan fingerprint density at radius 3 is 2.61 bits per heavy atom. The van der Waals surface area contributed by atoms with Crippen molar-refractivity contribution < 1.29 is 13.9 Å². The summed E-state index contributed by atoms with van der Waals surface area (Å²) < 4.78 is 11.6. The van der Waals surface area contributed by atoms with Crippen molar-refractivity contribution in [3.8, 4) is 5.75 Å². The molecule has 0 fully saturated rings. The monoisotopic (exact) mass is 417 g/mol. The zero-order valence-corrected chi connectivity index (χ0v) is 17.9. The van der Waals surface area contributed by atoms with E-state index in [1.807, 2.05) is 36.1 Å². The van der Waals surface area contributed by atoms with Gasteiger partial charge in [0.05, 0.1) is 0 Å². The average molecular weight is 418 g/mol. The highest BCUT2D eigenvalue weighted by Crippen LogP contribution is 2.32. The molecule has 2 aromatic carbocycles. The van der Waals surface area contributed by atoms with Gasteiger partial charge in [-0.2, -0.15) is 0 Å². The summed E-state index contributed by atoms with van der Waals surface area (Å²) >= 11 is 0. The van der Waals surface area contributed by atoms with E-state index in [0.29, 0.717) is 24.4 Å². The Bertz CT molecular complexity index is 1210. The molecule has 0 N–H and O–H groups in total. The lowest BCUT2D eigenvalue weighted by Crippen LogP contribution is -2.38. The normalized spacial score (nSPS) is 15.8. The van der Waals surface area contributed by atoms with Crippen molar-refractivity contribution in [1.82, 2.24) is 4.90 Å². The molecule has 1 amide bonds. The van der Waals surface area contributed by atoms with Crippen LogP contribution in [0.1, 0.15) is 47.1 Å². The van der Waals surface area contributed by atoms with Crippen LogP contribution in [0.3, 0.4) is 0 Å². The molecule has 2 aliphatic rings. The van der Waals surface area contributed by atoms with Crippen molar-refractivity contribution >= 4 is 16.9 Å². The van der Waals surface area contributed by atoms with Gasteiger partial charge in [-0.3, -0.25) is 4.79 Å². The fourth-order valence-electron chi connectivity index (χ4n) is 4.90. The van der Waals surface area contributed by atoms with Crippen LogP contribution < -0.4 is 10.4 Å². The number of hydrogen-bond donors (Lipinski definition) is 0. The first-order valence-corrected chi connectivity index (χ1v) is 11.2. The minimum absolute atomic E-state index is 0.0241. The highest BCUT2D eigenvalue weighted by Gasteiger charge is 2.22. The second-order valence-electron chi connectivity index (χ2n) is 8.60. The fraction of sp³-hybridized carbons (Fsp3) is 0.385. The van der Waals surface area contributed by atoms with Crippen LogP contribution in [0.2, 0.25) is 0 Å². The van der Waals surface area contributed by atoms with Crippen LogP contribution in [-0.4, -0.2) is 24.0 Å². The smallest absolute Gasteiger partial charge is 0.339 e. The molecular formula is C26H27NO4. The van der Waals surface area contributed by atoms with Gasteiger partial charge in [0.1, 0.15) is 11.3 Å². The second-order valence-corrected chi connectivity index (χ2v) is 8.60. The number of fused-ring (bicyclic) bond motifs is 4. The van der Waals surface area contributed by atoms with E-state index in [9.17, 15) is 9.59 Å². The topological polar surface area (TPSA) is 59.8 Å². The Kier molecular flexibility index (Phi) is 5.26. The number of ether oxygens (including phenoxy) is 1. The lowest BCUT2D eigenvalue weighted by Gasteiger charge is -2.28. The van der Waals surface area contributed by atoms with Crippen molar-refractivity contribution in [2.75, 3.05) is 13.2 Å². The van der Waals surface area contributed by atoms with Crippen LogP contribution >= 0.6 is 0 Å². The minimum atomic E-state index is -0.229. The van der Waals surface area contributed by atoms with Gasteiger partial charge in [-0.15, -0.1) is 0 Å². The summed E-state index contributed by atoms with van der Waals surface area (Å²) in [7, 11) is 0. The van der Waals surface area contributed by atoms with Crippen LogP contribution in [0.5, 0.6) is 5.75 Å². The van der Waals surface area contributed by atoms with Crippen molar-refractivity contribution in [1.29, 1.82) is 0 Å². The molecule has 1 aliphatic carbocycles. The summed E-state index contributed by atoms with van der Waals surface area (Å²) in [6.07, 6.45) is 5.83. The molecule has 0 spiro atoms. The van der Waals surface area contributed by atoms with E-state index in [1.165, 1.54) is 11.1 Å². The highest BCUT2D eigenvalue weighted by molar-refractivity contribution is 5.86. The third kappa shape index (κ3) is 3.73. The number of benzene rings is 2. The molecule has 1 aliphatic heterocycles. The van der Waals surface area contributed by atoms with Crippen LogP contribution in [0.25, 0.3) is 11.0 Å². The largest absolute Gasteiger partial charge is 0.483 e. The highest BCUT2D eigenvalue weighted by atomic mass is 16.5. The van der Waals surface area contributed by atoms with Gasteiger partial charge in [0, 0.05) is 29.6 Å². The number of carbonyl (C=O) groups excluding carboxylic acids is 1. The third-order valence-electron chi connectivity index (χ3n) is 6.67. The minimum Gasteiger partial charge on any atom is -0.483 e. The van der Waals surface area contributed by atoms with Gasteiger partial charge in [0.15, 0.2) is 6.61 Å². The van der Waals surface area contributed by atoms with Gasteiger partial charge < -0.3 is 14.1 Å². The number of nitrogens with zero attached hydrogens (tertiary/aromatic N) is 1. The molecule has 0 atom stereocenters. The van der Waals surface area contributed by atoms with E-state index < -0.39 is 0 Å². The van der Waals surface area contributed by atoms with Crippen LogP contribution in [0.15, 0.2) is 45.6 Å². The summed E-state index contributed by atoms with van der Waals surface area (Å²) in [5.41, 5.74) is 5.60. The summed E-state index contributed by atoms with van der Waals surface area (Å²) in [5, 5.41) is 1.00. The zero-order valence-electron chi connectivity index (χ0n) is 17.9. The fourth-order valence-corrected chi connectivity index (χ4v) is 4.90. The Hall–Kier alpha value is -3.08. The molecule has 0 saturated heterocycles. The van der Waals surface area contributed by atoms with E-state index in [2.05, 4.69) is 12.1 Å². The van der Waals surface area contributed by atoms with Gasteiger partial charge >= 0.3 is 5.63 Å². The zero-order chi connectivity index (χ0) is 21.4. The molecule has 3 aromatic rings. The molecule has 0 bridgehead atoms. The molecular weight excluding hydrogens is 390 g/mol. The molecule has 2 heterocycles. The average Bonchev–Trinajstić information content (AvgIpc) is 3.05. The molecule has 5 nitrogen and oxygen atoms in total. The predicted molar refractivity (Wildman–Crippen MR) is 120 cm³/mol. The Balaban J connectivity index is 1.36. The van der Waals surface area contributed by atoms with E-state index in [4.69, 9.17) is 9.15 Å². The predicted octanol–water partition coefficient (Wildman–Crippen LogP) is 4.33. The number of hydrogen-bond acceptors (Lipinski definition) is 4. The summed E-state index contributed by atoms with van der Waals surface area (Å²) in [4.78, 5) is 27.2. The number of carbonyl (C=O) groups is 1. The van der Waals surface area contributed by atoms with Gasteiger partial charge in [-0.05, 0) is 67.9 Å². The molecule has 5 heteroatoms. The number of rotatable bonds is 3. The second kappa shape index (κ2) is 8.22. The molecule has 160 valence electrons. The van der Waals surface area contributed by atoms with Gasteiger partial charge in [0.25, 0.3) is 5.91 Å². The summed E-state index contributed by atoms with van der Waals surface area (Å²) in [6, 6.07) is 12.1. The first-order chi connectivity index (χ1) is 15.1. The molecule has 0 saturated carbocycles. The lowest BCUT2D eigenvalue weighted by molar-refractivity contribution is -0.134. The van der Waals surface area contributed by atoms with E-state index in [1.54, 1.807) is 0 Å². The van der Waals surface area contributed by atoms with Gasteiger partial charge in [-0.1, -0.05) is 30.7 Å². The number of aryl methyl sites for hydroxylation is 2. The first kappa shape index (κ1) is 19.9. The standard InChI is InChI=1S/C26H27NO4/c1-17-23(30-16-24(28)27-14-13-18-7-5-6-8-19(18)15-27)12-11-21-20-9-3-2-4-10-22(20)26(29)31-25(17)21/h5-8,11-12H,2-4,9-10,13-16H2,1H3. The SMILES string of the molecule is Cc1c(OCC(=O)N2CCc3ccccc3C2)ccc2c3c(c(=O)oc12)CCCCC3. The van der Waals surface area contributed by atoms with Gasteiger partial charge in [-0.25, -0.2) is 4.79 Å². The molecule has 1 aromatic heterocycles. The van der Waals surface area contributed by atoms with Crippen LogP contribution in [0, 0.1) is 6.92 Å². The lowest BCUT2D eigenvalue weighted by atomic mass is 9.98. The maximum absolute atomic E-state index is 12.8. The molecule has 31 heavy (non-hydrogen) atoms.